The minimum Gasteiger partial charge on any atom is -0.316 e. The van der Waals surface area contributed by atoms with Gasteiger partial charge in [0.05, 0.1) is 0 Å². The first kappa shape index (κ1) is 14.1. The maximum Gasteiger partial charge on any atom is 0.130 e. The van der Waals surface area contributed by atoms with Crippen molar-refractivity contribution in [2.24, 2.45) is 0 Å². The van der Waals surface area contributed by atoms with Crippen molar-refractivity contribution >= 4 is 0 Å². The van der Waals surface area contributed by atoms with E-state index >= 15 is 0 Å². The number of likely N-dealkylation sites (N-methyl/N-ethyl adjacent to an activating group) is 2. The molecular weight excluding hydrogens is 222 g/mol. The SMILES string of the molecule is CCNCCN(C)Cc1cc(C)c(F)cc1F. The Bertz CT molecular complexity index is 367. The molecule has 96 valence electrons. The van der Waals surface area contributed by atoms with Crippen molar-refractivity contribution < 1.29 is 8.78 Å². The molecule has 0 saturated carbocycles. The molecule has 0 saturated heterocycles. The van der Waals surface area contributed by atoms with Crippen LogP contribution in [-0.4, -0.2) is 31.6 Å². The first-order valence-corrected chi connectivity index (χ1v) is 5.88. The van der Waals surface area contributed by atoms with Gasteiger partial charge in [-0.05, 0) is 32.1 Å². The summed E-state index contributed by atoms with van der Waals surface area (Å²) in [4.78, 5) is 2.01. The highest BCUT2D eigenvalue weighted by molar-refractivity contribution is 5.25. The van der Waals surface area contributed by atoms with E-state index in [0.717, 1.165) is 25.7 Å². The van der Waals surface area contributed by atoms with E-state index in [4.69, 9.17) is 0 Å². The average Bonchev–Trinajstić information content (AvgIpc) is 2.26. The summed E-state index contributed by atoms with van der Waals surface area (Å²) in [5.41, 5.74) is 1.03. The van der Waals surface area contributed by atoms with Crippen LogP contribution in [0.15, 0.2) is 12.1 Å². The number of rotatable bonds is 6. The molecule has 1 aromatic carbocycles. The lowest BCUT2D eigenvalue weighted by atomic mass is 10.1. The van der Waals surface area contributed by atoms with Gasteiger partial charge in [0.1, 0.15) is 11.6 Å². The van der Waals surface area contributed by atoms with Crippen molar-refractivity contribution in [3.05, 3.63) is 34.9 Å². The second-order valence-electron chi connectivity index (χ2n) is 4.28. The molecular formula is C13H20F2N2. The van der Waals surface area contributed by atoms with Crippen LogP contribution in [-0.2, 0) is 6.54 Å². The van der Waals surface area contributed by atoms with Gasteiger partial charge < -0.3 is 10.2 Å². The number of nitrogens with one attached hydrogen (secondary N) is 1. The van der Waals surface area contributed by atoms with E-state index in [1.807, 2.05) is 18.9 Å². The summed E-state index contributed by atoms with van der Waals surface area (Å²) in [6.07, 6.45) is 0. The molecule has 0 fully saturated rings. The molecule has 4 heteroatoms. The first-order chi connectivity index (χ1) is 8.04. The number of benzene rings is 1. The number of hydrogen-bond acceptors (Lipinski definition) is 2. The Hall–Kier alpha value is -1.00. The van der Waals surface area contributed by atoms with Crippen molar-refractivity contribution in [1.29, 1.82) is 0 Å². The zero-order chi connectivity index (χ0) is 12.8. The normalized spacial score (nSPS) is 11.2. The monoisotopic (exact) mass is 242 g/mol. The van der Waals surface area contributed by atoms with Gasteiger partial charge in [0.15, 0.2) is 0 Å². The van der Waals surface area contributed by atoms with Crippen LogP contribution in [0, 0.1) is 18.6 Å². The molecule has 0 aromatic heterocycles. The fourth-order valence-corrected chi connectivity index (χ4v) is 1.65. The Kier molecular flexibility index (Phi) is 5.51. The van der Waals surface area contributed by atoms with Gasteiger partial charge >= 0.3 is 0 Å². The highest BCUT2D eigenvalue weighted by Crippen LogP contribution is 2.15. The fourth-order valence-electron chi connectivity index (χ4n) is 1.65. The van der Waals surface area contributed by atoms with E-state index in [1.54, 1.807) is 13.0 Å². The van der Waals surface area contributed by atoms with Crippen LogP contribution in [0.5, 0.6) is 0 Å². The molecule has 0 bridgehead atoms. The van der Waals surface area contributed by atoms with E-state index in [9.17, 15) is 8.78 Å². The lowest BCUT2D eigenvalue weighted by Gasteiger charge is -2.17. The molecule has 0 aliphatic rings. The molecule has 0 heterocycles. The summed E-state index contributed by atoms with van der Waals surface area (Å²) in [6, 6.07) is 2.54. The molecule has 2 nitrogen and oxygen atoms in total. The van der Waals surface area contributed by atoms with Crippen molar-refractivity contribution in [3.8, 4) is 0 Å². The Morgan fingerprint density at radius 3 is 2.59 bits per heavy atom. The van der Waals surface area contributed by atoms with Crippen LogP contribution < -0.4 is 5.32 Å². The quantitative estimate of drug-likeness (QED) is 0.770. The number of halogens is 2. The van der Waals surface area contributed by atoms with Gasteiger partial charge in [0.25, 0.3) is 0 Å². The Labute approximate surface area is 102 Å². The third-order valence-electron chi connectivity index (χ3n) is 2.69. The van der Waals surface area contributed by atoms with Crippen LogP contribution in [0.4, 0.5) is 8.78 Å². The fraction of sp³-hybridized carbons (Fsp3) is 0.538. The summed E-state index contributed by atoms with van der Waals surface area (Å²) in [5.74, 6) is -0.954. The summed E-state index contributed by atoms with van der Waals surface area (Å²) in [6.45, 7) is 6.83. The molecule has 0 unspecified atom stereocenters. The number of hydrogen-bond donors (Lipinski definition) is 1. The van der Waals surface area contributed by atoms with Crippen molar-refractivity contribution in [2.45, 2.75) is 20.4 Å². The third-order valence-corrected chi connectivity index (χ3v) is 2.69. The van der Waals surface area contributed by atoms with E-state index in [2.05, 4.69) is 5.32 Å². The van der Waals surface area contributed by atoms with Crippen LogP contribution in [0.3, 0.4) is 0 Å². The molecule has 1 aromatic rings. The highest BCUT2D eigenvalue weighted by Gasteiger charge is 2.09. The standard InChI is InChI=1S/C13H20F2N2/c1-4-16-5-6-17(3)9-11-7-10(2)12(14)8-13(11)15/h7-8,16H,4-6,9H2,1-3H3. The minimum atomic E-state index is -0.485. The van der Waals surface area contributed by atoms with E-state index in [-0.39, 0.29) is 0 Å². The minimum absolute atomic E-state index is 0.469. The maximum atomic E-state index is 13.5. The summed E-state index contributed by atoms with van der Waals surface area (Å²) in [7, 11) is 1.93. The van der Waals surface area contributed by atoms with Crippen LogP contribution in [0.1, 0.15) is 18.1 Å². The molecule has 0 spiro atoms. The predicted octanol–water partition coefficient (Wildman–Crippen LogP) is 2.31. The van der Waals surface area contributed by atoms with Crippen molar-refractivity contribution in [3.63, 3.8) is 0 Å². The zero-order valence-corrected chi connectivity index (χ0v) is 10.7. The Morgan fingerprint density at radius 2 is 1.94 bits per heavy atom. The largest absolute Gasteiger partial charge is 0.316 e. The molecule has 1 rings (SSSR count). The molecule has 0 atom stereocenters. The average molecular weight is 242 g/mol. The topological polar surface area (TPSA) is 15.3 Å². The lowest BCUT2D eigenvalue weighted by Crippen LogP contribution is -2.29. The van der Waals surface area contributed by atoms with Gasteiger partial charge in [-0.25, -0.2) is 8.78 Å². The van der Waals surface area contributed by atoms with Gasteiger partial charge in [-0.3, -0.25) is 0 Å². The molecule has 0 aliphatic heterocycles. The van der Waals surface area contributed by atoms with Gasteiger partial charge in [0.2, 0.25) is 0 Å². The molecule has 0 radical (unpaired) electrons. The van der Waals surface area contributed by atoms with Crippen LogP contribution in [0.2, 0.25) is 0 Å². The zero-order valence-electron chi connectivity index (χ0n) is 10.7. The van der Waals surface area contributed by atoms with Crippen LogP contribution in [0.25, 0.3) is 0 Å². The highest BCUT2D eigenvalue weighted by atomic mass is 19.1. The lowest BCUT2D eigenvalue weighted by molar-refractivity contribution is 0.320. The van der Waals surface area contributed by atoms with Gasteiger partial charge in [-0.15, -0.1) is 0 Å². The molecule has 0 aliphatic carbocycles. The molecule has 0 amide bonds. The maximum absolute atomic E-state index is 13.5. The molecule has 1 N–H and O–H groups in total. The third kappa shape index (κ3) is 4.40. The van der Waals surface area contributed by atoms with Gasteiger partial charge in [0, 0.05) is 31.3 Å². The van der Waals surface area contributed by atoms with Crippen molar-refractivity contribution in [2.75, 3.05) is 26.7 Å². The molecule has 17 heavy (non-hydrogen) atoms. The van der Waals surface area contributed by atoms with Crippen molar-refractivity contribution in [1.82, 2.24) is 10.2 Å². The number of aryl methyl sites for hydroxylation is 1. The second kappa shape index (κ2) is 6.67. The summed E-state index contributed by atoms with van der Waals surface area (Å²) < 4.78 is 26.6. The summed E-state index contributed by atoms with van der Waals surface area (Å²) >= 11 is 0. The van der Waals surface area contributed by atoms with Gasteiger partial charge in [-0.2, -0.15) is 0 Å². The second-order valence-corrected chi connectivity index (χ2v) is 4.28. The van der Waals surface area contributed by atoms with E-state index < -0.39 is 11.6 Å². The van der Waals surface area contributed by atoms with Crippen LogP contribution >= 0.6 is 0 Å². The van der Waals surface area contributed by atoms with E-state index in [1.165, 1.54) is 0 Å². The van der Waals surface area contributed by atoms with Gasteiger partial charge in [-0.1, -0.05) is 6.92 Å². The Balaban J connectivity index is 2.58. The predicted molar refractivity (Wildman–Crippen MR) is 66.0 cm³/mol. The smallest absolute Gasteiger partial charge is 0.130 e. The van der Waals surface area contributed by atoms with E-state index in [0.29, 0.717) is 17.7 Å². The Morgan fingerprint density at radius 1 is 1.24 bits per heavy atom. The number of nitrogens with zero attached hydrogens (tertiary/aromatic N) is 1. The first-order valence-electron chi connectivity index (χ1n) is 5.88. The summed E-state index contributed by atoms with van der Waals surface area (Å²) in [5, 5.41) is 3.20.